The Labute approximate surface area is 124 Å². The Kier molecular flexibility index (Phi) is 8.34. The van der Waals surface area contributed by atoms with E-state index in [1.165, 1.54) is 23.1 Å². The topological polar surface area (TPSA) is 32.3 Å². The fraction of sp³-hybridized carbons (Fsp3) is 0.500. The van der Waals surface area contributed by atoms with Gasteiger partial charge in [-0.15, -0.1) is 12.4 Å². The molecule has 1 unspecified atom stereocenters. The molecule has 1 atom stereocenters. The predicted octanol–water partition coefficient (Wildman–Crippen LogP) is 2.59. The fourth-order valence-electron chi connectivity index (χ4n) is 1.92. The van der Waals surface area contributed by atoms with Crippen molar-refractivity contribution in [2.24, 2.45) is 5.92 Å². The minimum Gasteiger partial charge on any atom is -0.338 e. The highest BCUT2D eigenvalue weighted by molar-refractivity contribution is 5.85. The van der Waals surface area contributed by atoms with Crippen LogP contribution in [0.1, 0.15) is 19.4 Å². The van der Waals surface area contributed by atoms with E-state index in [1.54, 1.807) is 20.9 Å². The molecule has 6 heteroatoms. The van der Waals surface area contributed by atoms with Crippen molar-refractivity contribution in [3.8, 4) is 0 Å². The van der Waals surface area contributed by atoms with E-state index in [1.807, 2.05) is 0 Å². The van der Waals surface area contributed by atoms with E-state index < -0.39 is 11.6 Å². The average molecular weight is 307 g/mol. The van der Waals surface area contributed by atoms with Gasteiger partial charge in [0.15, 0.2) is 0 Å². The van der Waals surface area contributed by atoms with Crippen LogP contribution in [0.25, 0.3) is 0 Å². The zero-order chi connectivity index (χ0) is 14.4. The van der Waals surface area contributed by atoms with Gasteiger partial charge in [-0.2, -0.15) is 0 Å². The second kappa shape index (κ2) is 8.87. The second-order valence-corrected chi connectivity index (χ2v) is 4.51. The van der Waals surface area contributed by atoms with E-state index in [0.717, 1.165) is 0 Å². The lowest BCUT2D eigenvalue weighted by molar-refractivity contribution is -0.135. The molecule has 1 amide bonds. The zero-order valence-electron chi connectivity index (χ0n) is 12.0. The van der Waals surface area contributed by atoms with Gasteiger partial charge in [0.25, 0.3) is 0 Å². The zero-order valence-corrected chi connectivity index (χ0v) is 12.8. The molecule has 0 aliphatic heterocycles. The first-order valence-corrected chi connectivity index (χ1v) is 6.37. The smallest absolute Gasteiger partial charge is 0.226 e. The van der Waals surface area contributed by atoms with Crippen LogP contribution in [0.2, 0.25) is 0 Å². The monoisotopic (exact) mass is 306 g/mol. The minimum absolute atomic E-state index is 0. The van der Waals surface area contributed by atoms with Gasteiger partial charge in [-0.1, -0.05) is 13.0 Å². The number of nitrogens with zero attached hydrogens (tertiary/aromatic N) is 1. The predicted molar refractivity (Wildman–Crippen MR) is 77.8 cm³/mol. The summed E-state index contributed by atoms with van der Waals surface area (Å²) >= 11 is 0. The van der Waals surface area contributed by atoms with E-state index in [2.05, 4.69) is 5.32 Å². The number of halogens is 3. The summed E-state index contributed by atoms with van der Waals surface area (Å²) in [6.45, 7) is 4.50. The highest BCUT2D eigenvalue weighted by atomic mass is 35.5. The highest BCUT2D eigenvalue weighted by Crippen LogP contribution is 2.16. The van der Waals surface area contributed by atoms with Gasteiger partial charge in [-0.3, -0.25) is 4.79 Å². The Morgan fingerprint density at radius 1 is 1.35 bits per heavy atom. The summed E-state index contributed by atoms with van der Waals surface area (Å²) in [5.41, 5.74) is -0.0608. The van der Waals surface area contributed by atoms with E-state index in [9.17, 15) is 13.6 Å². The minimum atomic E-state index is -0.618. The molecule has 0 spiro atoms. The molecule has 0 heterocycles. The van der Waals surface area contributed by atoms with Crippen molar-refractivity contribution in [3.63, 3.8) is 0 Å². The number of carbonyl (C=O) groups excluding carboxylic acids is 1. The van der Waals surface area contributed by atoms with Crippen molar-refractivity contribution >= 4 is 18.3 Å². The van der Waals surface area contributed by atoms with Crippen molar-refractivity contribution < 1.29 is 13.6 Å². The van der Waals surface area contributed by atoms with E-state index in [0.29, 0.717) is 13.1 Å². The summed E-state index contributed by atoms with van der Waals surface area (Å²) < 4.78 is 27.1. The van der Waals surface area contributed by atoms with Gasteiger partial charge in [-0.05, 0) is 26.1 Å². The molecule has 3 nitrogen and oxygen atoms in total. The third-order valence-electron chi connectivity index (χ3n) is 3.04. The van der Waals surface area contributed by atoms with Crippen LogP contribution in [0.5, 0.6) is 0 Å². The van der Waals surface area contributed by atoms with Crippen molar-refractivity contribution in [2.75, 3.05) is 20.1 Å². The summed E-state index contributed by atoms with van der Waals surface area (Å²) in [4.78, 5) is 13.6. The van der Waals surface area contributed by atoms with Crippen LogP contribution in [0.15, 0.2) is 18.2 Å². The fourth-order valence-corrected chi connectivity index (χ4v) is 1.92. The number of benzene rings is 1. The lowest BCUT2D eigenvalue weighted by atomic mass is 10.1. The van der Waals surface area contributed by atoms with Gasteiger partial charge in [0.2, 0.25) is 5.91 Å². The molecule has 1 aromatic rings. The number of hydrogen-bond donors (Lipinski definition) is 1. The number of hydrogen-bond acceptors (Lipinski definition) is 2. The molecule has 0 bridgehead atoms. The molecule has 114 valence electrons. The summed E-state index contributed by atoms with van der Waals surface area (Å²) in [6, 6.07) is 3.72. The molecule has 1 N–H and O–H groups in total. The summed E-state index contributed by atoms with van der Waals surface area (Å²) in [5.74, 6) is -1.57. The molecule has 0 fully saturated rings. The van der Waals surface area contributed by atoms with Crippen LogP contribution >= 0.6 is 12.4 Å². The van der Waals surface area contributed by atoms with E-state index in [-0.39, 0.29) is 36.3 Å². The number of amides is 1. The average Bonchev–Trinajstić information content (AvgIpc) is 2.38. The molecule has 0 saturated carbocycles. The van der Waals surface area contributed by atoms with Crippen LogP contribution < -0.4 is 5.32 Å². The van der Waals surface area contributed by atoms with Crippen molar-refractivity contribution in [3.05, 3.63) is 35.4 Å². The maximum atomic E-state index is 13.6. The van der Waals surface area contributed by atoms with Crippen molar-refractivity contribution in [1.29, 1.82) is 0 Å². The van der Waals surface area contributed by atoms with Gasteiger partial charge in [-0.25, -0.2) is 8.78 Å². The summed E-state index contributed by atoms with van der Waals surface area (Å²) in [7, 11) is 1.76. The number of rotatable bonds is 6. The molecule has 0 aromatic heterocycles. The van der Waals surface area contributed by atoms with Crippen LogP contribution in [0.3, 0.4) is 0 Å². The molecular weight excluding hydrogens is 286 g/mol. The standard InChI is InChI=1S/C14H20F2N2O.ClH/c1-4-18(14(19)10(2)8-17-3)9-11-12(15)6-5-7-13(11)16;/h5-7,10,17H,4,8-9H2,1-3H3;1H. The largest absolute Gasteiger partial charge is 0.338 e. The molecule has 0 saturated heterocycles. The first-order valence-electron chi connectivity index (χ1n) is 6.37. The van der Waals surface area contributed by atoms with Crippen LogP contribution in [0, 0.1) is 17.6 Å². The molecule has 0 aliphatic carbocycles. The SMILES string of the molecule is CCN(Cc1c(F)cccc1F)C(=O)C(C)CNC.Cl. The Balaban J connectivity index is 0.00000361. The first-order chi connectivity index (χ1) is 9.01. The maximum Gasteiger partial charge on any atom is 0.226 e. The van der Waals surface area contributed by atoms with Crippen LogP contribution in [-0.2, 0) is 11.3 Å². The van der Waals surface area contributed by atoms with Crippen LogP contribution in [0.4, 0.5) is 8.78 Å². The lowest BCUT2D eigenvalue weighted by Gasteiger charge is -2.24. The number of nitrogens with one attached hydrogen (secondary N) is 1. The Morgan fingerprint density at radius 3 is 2.35 bits per heavy atom. The van der Waals surface area contributed by atoms with Gasteiger partial charge in [0, 0.05) is 24.6 Å². The Hall–Kier alpha value is -1.20. The molecule has 0 aliphatic rings. The summed E-state index contributed by atoms with van der Waals surface area (Å²) in [5, 5.41) is 2.92. The Morgan fingerprint density at radius 2 is 1.90 bits per heavy atom. The lowest BCUT2D eigenvalue weighted by Crippen LogP contribution is -2.38. The van der Waals surface area contributed by atoms with Crippen molar-refractivity contribution in [1.82, 2.24) is 10.2 Å². The number of carbonyl (C=O) groups is 1. The molecule has 1 aromatic carbocycles. The molecular formula is C14H21ClF2N2O. The van der Waals surface area contributed by atoms with Crippen LogP contribution in [-0.4, -0.2) is 30.9 Å². The third kappa shape index (κ3) is 4.72. The van der Waals surface area contributed by atoms with E-state index >= 15 is 0 Å². The van der Waals surface area contributed by atoms with Crippen molar-refractivity contribution in [2.45, 2.75) is 20.4 Å². The normalized spacial score (nSPS) is 11.7. The van der Waals surface area contributed by atoms with Gasteiger partial charge >= 0.3 is 0 Å². The van der Waals surface area contributed by atoms with Gasteiger partial charge in [0.05, 0.1) is 6.54 Å². The van der Waals surface area contributed by atoms with E-state index in [4.69, 9.17) is 0 Å². The van der Waals surface area contributed by atoms with Gasteiger partial charge < -0.3 is 10.2 Å². The molecule has 20 heavy (non-hydrogen) atoms. The maximum absolute atomic E-state index is 13.6. The quantitative estimate of drug-likeness (QED) is 0.876. The molecule has 0 radical (unpaired) electrons. The third-order valence-corrected chi connectivity index (χ3v) is 3.04. The summed E-state index contributed by atoms with van der Waals surface area (Å²) in [6.07, 6.45) is 0. The Bertz CT molecular complexity index is 423. The molecule has 1 rings (SSSR count). The highest BCUT2D eigenvalue weighted by Gasteiger charge is 2.21. The second-order valence-electron chi connectivity index (χ2n) is 4.51. The van der Waals surface area contributed by atoms with Gasteiger partial charge in [0.1, 0.15) is 11.6 Å². The first kappa shape index (κ1) is 18.8.